The summed E-state index contributed by atoms with van der Waals surface area (Å²) in [6.07, 6.45) is 4.47. The van der Waals surface area contributed by atoms with Gasteiger partial charge in [0.1, 0.15) is 5.75 Å². The van der Waals surface area contributed by atoms with E-state index in [9.17, 15) is 4.79 Å². The summed E-state index contributed by atoms with van der Waals surface area (Å²) in [6, 6.07) is 13.9. The Morgan fingerprint density at radius 2 is 1.79 bits per heavy atom. The molecule has 0 unspecified atom stereocenters. The Kier molecular flexibility index (Phi) is 5.92. The van der Waals surface area contributed by atoms with Crippen LogP contribution in [-0.2, 0) is 4.79 Å². The molecule has 4 rings (SSSR count). The molecule has 150 valence electrons. The van der Waals surface area contributed by atoms with E-state index < -0.39 is 0 Å². The van der Waals surface area contributed by atoms with Crippen molar-refractivity contribution in [2.75, 3.05) is 29.5 Å². The van der Waals surface area contributed by atoms with Gasteiger partial charge in [-0.1, -0.05) is 30.0 Å². The summed E-state index contributed by atoms with van der Waals surface area (Å²) in [6.45, 7) is 6.90. The second kappa shape index (κ2) is 8.59. The monoisotopic (exact) mass is 424 g/mol. The summed E-state index contributed by atoms with van der Waals surface area (Å²) in [4.78, 5) is 17.7. The number of rotatable bonds is 5. The molecule has 0 N–H and O–H groups in total. The molecule has 0 aromatic heterocycles. The van der Waals surface area contributed by atoms with Crippen molar-refractivity contribution >= 4 is 51.7 Å². The zero-order valence-electron chi connectivity index (χ0n) is 16.7. The lowest BCUT2D eigenvalue weighted by atomic mass is 10.1. The van der Waals surface area contributed by atoms with Crippen molar-refractivity contribution in [3.63, 3.8) is 0 Å². The molecule has 4 nitrogen and oxygen atoms in total. The number of benzene rings is 2. The van der Waals surface area contributed by atoms with Gasteiger partial charge in [-0.3, -0.25) is 9.69 Å². The fourth-order valence-electron chi connectivity index (χ4n) is 3.68. The Morgan fingerprint density at radius 1 is 1.10 bits per heavy atom. The molecule has 0 radical (unpaired) electrons. The molecule has 2 saturated heterocycles. The Hall–Kier alpha value is -2.31. The maximum Gasteiger partial charge on any atom is 0.270 e. The number of carbonyl (C=O) groups excluding carboxylic acids is 1. The van der Waals surface area contributed by atoms with Gasteiger partial charge in [0, 0.05) is 18.8 Å². The van der Waals surface area contributed by atoms with Crippen LogP contribution in [0.2, 0.25) is 0 Å². The molecule has 2 aromatic rings. The lowest BCUT2D eigenvalue weighted by Crippen LogP contribution is -2.27. The molecule has 0 saturated carbocycles. The number of hydrogen-bond acceptors (Lipinski definition) is 5. The van der Waals surface area contributed by atoms with Gasteiger partial charge >= 0.3 is 0 Å². The summed E-state index contributed by atoms with van der Waals surface area (Å²) >= 11 is 6.84. The minimum atomic E-state index is -0.0767. The van der Waals surface area contributed by atoms with Crippen LogP contribution in [0.25, 0.3) is 6.08 Å². The molecule has 2 aromatic carbocycles. The Morgan fingerprint density at radius 3 is 2.45 bits per heavy atom. The molecule has 2 aliphatic heterocycles. The largest absolute Gasteiger partial charge is 0.494 e. The summed E-state index contributed by atoms with van der Waals surface area (Å²) < 4.78 is 6.03. The first kappa shape index (κ1) is 20.0. The number of ether oxygens (including phenoxy) is 1. The van der Waals surface area contributed by atoms with Crippen LogP contribution in [0.15, 0.2) is 47.4 Å². The molecule has 2 fully saturated rings. The highest BCUT2D eigenvalue weighted by Gasteiger charge is 2.33. The van der Waals surface area contributed by atoms with E-state index in [0.717, 1.165) is 30.1 Å². The highest BCUT2D eigenvalue weighted by atomic mass is 32.2. The van der Waals surface area contributed by atoms with Crippen molar-refractivity contribution in [1.82, 2.24) is 0 Å². The van der Waals surface area contributed by atoms with Gasteiger partial charge in [0.2, 0.25) is 0 Å². The molecule has 2 aliphatic rings. The Balaban J connectivity index is 1.55. The molecular formula is C23H24N2O2S2. The maximum atomic E-state index is 13.0. The molecule has 0 atom stereocenters. The standard InChI is InChI=1S/C23H24N2O2S2/c1-3-27-20-10-8-18(9-11-20)25-22(26)21(29-23(25)28)15-17-6-7-19(14-16(17)2)24-12-4-5-13-24/h6-11,14-15H,3-5,12-13H2,1-2H3/b21-15+. The van der Waals surface area contributed by atoms with Gasteiger partial charge in [-0.05, 0) is 80.3 Å². The molecule has 29 heavy (non-hydrogen) atoms. The fourth-order valence-corrected chi connectivity index (χ4v) is 4.97. The third kappa shape index (κ3) is 4.19. The van der Waals surface area contributed by atoms with Crippen molar-refractivity contribution in [3.05, 3.63) is 58.5 Å². The zero-order chi connectivity index (χ0) is 20.4. The average Bonchev–Trinajstić information content (AvgIpc) is 3.33. The van der Waals surface area contributed by atoms with Crippen molar-refractivity contribution in [3.8, 4) is 5.75 Å². The van der Waals surface area contributed by atoms with E-state index in [1.807, 2.05) is 37.3 Å². The number of nitrogens with zero attached hydrogens (tertiary/aromatic N) is 2. The van der Waals surface area contributed by atoms with Gasteiger partial charge in [-0.25, -0.2) is 0 Å². The number of hydrogen-bond donors (Lipinski definition) is 0. The van der Waals surface area contributed by atoms with Gasteiger partial charge in [0.25, 0.3) is 5.91 Å². The van der Waals surface area contributed by atoms with E-state index >= 15 is 0 Å². The zero-order valence-corrected chi connectivity index (χ0v) is 18.3. The van der Waals surface area contributed by atoms with Crippen LogP contribution in [0, 0.1) is 6.92 Å². The third-order valence-corrected chi connectivity index (χ3v) is 6.51. The SMILES string of the molecule is CCOc1ccc(N2C(=O)/C(=C\c3ccc(N4CCCC4)cc3C)SC2=S)cc1. The van der Waals surface area contributed by atoms with Crippen LogP contribution in [0.3, 0.4) is 0 Å². The number of thioether (sulfide) groups is 1. The number of carbonyl (C=O) groups is 1. The third-order valence-electron chi connectivity index (χ3n) is 5.21. The molecular weight excluding hydrogens is 400 g/mol. The first-order valence-corrected chi connectivity index (χ1v) is 11.2. The first-order chi connectivity index (χ1) is 14.1. The molecule has 2 heterocycles. The van der Waals surface area contributed by atoms with Crippen LogP contribution in [0.1, 0.15) is 30.9 Å². The summed E-state index contributed by atoms with van der Waals surface area (Å²) in [5.74, 6) is 0.707. The number of aryl methyl sites for hydroxylation is 1. The minimum absolute atomic E-state index is 0.0767. The van der Waals surface area contributed by atoms with Crippen LogP contribution in [-0.4, -0.2) is 29.9 Å². The van der Waals surface area contributed by atoms with E-state index in [1.54, 1.807) is 4.90 Å². The predicted octanol–water partition coefficient (Wildman–Crippen LogP) is 5.40. The second-order valence-corrected chi connectivity index (χ2v) is 8.85. The van der Waals surface area contributed by atoms with E-state index in [-0.39, 0.29) is 5.91 Å². The van der Waals surface area contributed by atoms with E-state index in [0.29, 0.717) is 15.8 Å². The second-order valence-electron chi connectivity index (χ2n) is 7.18. The van der Waals surface area contributed by atoms with Crippen LogP contribution in [0.4, 0.5) is 11.4 Å². The summed E-state index contributed by atoms with van der Waals surface area (Å²) in [5, 5.41) is 0. The van der Waals surface area contributed by atoms with Crippen LogP contribution < -0.4 is 14.5 Å². The molecule has 0 bridgehead atoms. The maximum absolute atomic E-state index is 13.0. The molecule has 6 heteroatoms. The van der Waals surface area contributed by atoms with Gasteiger partial charge in [0.05, 0.1) is 17.2 Å². The number of anilines is 2. The van der Waals surface area contributed by atoms with Crippen molar-refractivity contribution in [1.29, 1.82) is 0 Å². The van der Waals surface area contributed by atoms with Crippen LogP contribution in [0.5, 0.6) is 5.75 Å². The quantitative estimate of drug-likeness (QED) is 0.474. The number of thiocarbonyl (C=S) groups is 1. The van der Waals surface area contributed by atoms with E-state index in [4.69, 9.17) is 17.0 Å². The van der Waals surface area contributed by atoms with Crippen molar-refractivity contribution in [2.45, 2.75) is 26.7 Å². The van der Waals surface area contributed by atoms with Gasteiger partial charge in [0.15, 0.2) is 4.32 Å². The summed E-state index contributed by atoms with van der Waals surface area (Å²) in [7, 11) is 0. The lowest BCUT2D eigenvalue weighted by molar-refractivity contribution is -0.113. The van der Waals surface area contributed by atoms with Gasteiger partial charge in [-0.2, -0.15) is 0 Å². The van der Waals surface area contributed by atoms with Crippen LogP contribution >= 0.6 is 24.0 Å². The minimum Gasteiger partial charge on any atom is -0.494 e. The fraction of sp³-hybridized carbons (Fsp3) is 0.304. The Labute approximate surface area is 181 Å². The first-order valence-electron chi connectivity index (χ1n) is 9.93. The Bertz CT molecular complexity index is 963. The highest BCUT2D eigenvalue weighted by molar-refractivity contribution is 8.27. The smallest absolute Gasteiger partial charge is 0.270 e. The van der Waals surface area contributed by atoms with Gasteiger partial charge < -0.3 is 9.64 Å². The average molecular weight is 425 g/mol. The van der Waals surface area contributed by atoms with Gasteiger partial charge in [-0.15, -0.1) is 0 Å². The summed E-state index contributed by atoms with van der Waals surface area (Å²) in [5.41, 5.74) is 4.25. The van der Waals surface area contributed by atoms with Crippen molar-refractivity contribution in [2.24, 2.45) is 0 Å². The predicted molar refractivity (Wildman–Crippen MR) is 126 cm³/mol. The topological polar surface area (TPSA) is 32.8 Å². The van der Waals surface area contributed by atoms with E-state index in [2.05, 4.69) is 30.0 Å². The van der Waals surface area contributed by atoms with E-state index in [1.165, 1.54) is 35.9 Å². The molecule has 0 aliphatic carbocycles. The highest BCUT2D eigenvalue weighted by Crippen LogP contribution is 2.37. The molecule has 0 spiro atoms. The molecule has 1 amide bonds. The van der Waals surface area contributed by atoms with Crippen molar-refractivity contribution < 1.29 is 9.53 Å². The normalized spacial score (nSPS) is 18.2. The number of amides is 1. The lowest BCUT2D eigenvalue weighted by Gasteiger charge is -2.18.